The van der Waals surface area contributed by atoms with Gasteiger partial charge < -0.3 is 11.5 Å². The van der Waals surface area contributed by atoms with Crippen molar-refractivity contribution < 1.29 is 0 Å². The minimum absolute atomic E-state index is 0.189. The number of nitrogens with zero attached hydrogens (tertiary/aromatic N) is 5. The van der Waals surface area contributed by atoms with Crippen LogP contribution in [0.15, 0.2) is 25.5 Å². The Kier molecular flexibility index (Phi) is 1.94. The Balaban J connectivity index is 2.05. The van der Waals surface area contributed by atoms with E-state index in [0.717, 1.165) is 0 Å². The zero-order valence-electron chi connectivity index (χ0n) is 7.18. The molecule has 0 aliphatic carbocycles. The summed E-state index contributed by atoms with van der Waals surface area (Å²) in [6.45, 7) is 0. The van der Waals surface area contributed by atoms with E-state index in [2.05, 4.69) is 30.9 Å². The second kappa shape index (κ2) is 3.24. The Morgan fingerprint density at radius 1 is 1.21 bits per heavy atom. The minimum Gasteiger partial charge on any atom is -0.380 e. The highest BCUT2D eigenvalue weighted by molar-refractivity contribution is 6.68. The van der Waals surface area contributed by atoms with Gasteiger partial charge in [0.25, 0.3) is 0 Å². The van der Waals surface area contributed by atoms with Crippen molar-refractivity contribution in [1.82, 2.24) is 5.43 Å². The summed E-state index contributed by atoms with van der Waals surface area (Å²) in [4.78, 5) is 0. The average molecular weight is 192 g/mol. The standard InChI is InChI=1S/C6H8N8/c7-5-4(6(8)14-13-5)12-11-3-1-2-9-10-3/h2H,1H2,(H,10,11)(H4,7,8,12,13,14). The molecule has 0 aromatic rings. The first-order chi connectivity index (χ1) is 6.77. The van der Waals surface area contributed by atoms with Gasteiger partial charge in [-0.15, -0.1) is 15.3 Å². The van der Waals surface area contributed by atoms with E-state index in [1.165, 1.54) is 0 Å². The first kappa shape index (κ1) is 8.35. The Morgan fingerprint density at radius 2 is 1.93 bits per heavy atom. The molecule has 0 spiro atoms. The molecule has 14 heavy (non-hydrogen) atoms. The molecule has 2 rings (SSSR count). The fourth-order valence-electron chi connectivity index (χ4n) is 0.915. The highest BCUT2D eigenvalue weighted by atomic mass is 15.4. The van der Waals surface area contributed by atoms with Gasteiger partial charge in [0.2, 0.25) is 0 Å². The van der Waals surface area contributed by atoms with Gasteiger partial charge in [-0.25, -0.2) is 0 Å². The molecule has 0 aromatic heterocycles. The zero-order valence-corrected chi connectivity index (χ0v) is 7.18. The summed E-state index contributed by atoms with van der Waals surface area (Å²) in [7, 11) is 0. The van der Waals surface area contributed by atoms with E-state index in [0.29, 0.717) is 18.0 Å². The predicted molar refractivity (Wildman–Crippen MR) is 54.4 cm³/mol. The number of hydrogen-bond acceptors (Lipinski definition) is 8. The van der Waals surface area contributed by atoms with Crippen LogP contribution in [-0.2, 0) is 0 Å². The molecule has 2 heterocycles. The van der Waals surface area contributed by atoms with Crippen LogP contribution in [0.4, 0.5) is 0 Å². The zero-order chi connectivity index (χ0) is 9.97. The van der Waals surface area contributed by atoms with Gasteiger partial charge in [0, 0.05) is 12.6 Å². The van der Waals surface area contributed by atoms with Gasteiger partial charge in [-0.3, -0.25) is 5.43 Å². The van der Waals surface area contributed by atoms with Crippen LogP contribution in [-0.4, -0.2) is 29.4 Å². The van der Waals surface area contributed by atoms with Gasteiger partial charge in [-0.1, -0.05) is 0 Å². The molecule has 0 atom stereocenters. The molecule has 0 saturated heterocycles. The molecular formula is C6H8N8. The molecular weight excluding hydrogens is 184 g/mol. The summed E-state index contributed by atoms with van der Waals surface area (Å²) in [5.41, 5.74) is 13.9. The Labute approximate surface area is 79.2 Å². The number of nitrogens with one attached hydrogen (secondary N) is 1. The number of rotatable bonds is 1. The molecule has 0 bridgehead atoms. The van der Waals surface area contributed by atoms with Crippen molar-refractivity contribution in [2.75, 3.05) is 0 Å². The molecule has 0 aromatic carbocycles. The van der Waals surface area contributed by atoms with E-state index < -0.39 is 0 Å². The predicted octanol–water partition coefficient (Wildman–Crippen LogP) is -1.64. The minimum atomic E-state index is 0.189. The van der Waals surface area contributed by atoms with Crippen LogP contribution in [0.25, 0.3) is 0 Å². The largest absolute Gasteiger partial charge is 0.380 e. The fraction of sp³-hybridized carbons (Fsp3) is 0.167. The van der Waals surface area contributed by atoms with Gasteiger partial charge in [0.1, 0.15) is 0 Å². The number of hydrazone groups is 1. The first-order valence-corrected chi connectivity index (χ1v) is 3.87. The van der Waals surface area contributed by atoms with Crippen LogP contribution >= 0.6 is 0 Å². The lowest BCUT2D eigenvalue weighted by molar-refractivity contribution is 1.01. The van der Waals surface area contributed by atoms with Crippen LogP contribution in [0.3, 0.4) is 0 Å². The smallest absolute Gasteiger partial charge is 0.177 e. The van der Waals surface area contributed by atoms with Crippen molar-refractivity contribution in [2.45, 2.75) is 6.42 Å². The normalized spacial score (nSPS) is 19.1. The summed E-state index contributed by atoms with van der Waals surface area (Å²) in [5.74, 6) is 1.01. The van der Waals surface area contributed by atoms with Crippen molar-refractivity contribution in [2.24, 2.45) is 37.0 Å². The van der Waals surface area contributed by atoms with Crippen LogP contribution in [0.1, 0.15) is 6.42 Å². The summed E-state index contributed by atoms with van der Waals surface area (Å²) in [6, 6.07) is 0. The van der Waals surface area contributed by atoms with E-state index in [1.54, 1.807) is 6.21 Å². The molecule has 5 N–H and O–H groups in total. The lowest BCUT2D eigenvalue weighted by Gasteiger charge is -1.99. The first-order valence-electron chi connectivity index (χ1n) is 3.87. The van der Waals surface area contributed by atoms with Crippen LogP contribution < -0.4 is 16.9 Å². The third kappa shape index (κ3) is 1.44. The average Bonchev–Trinajstić information content (AvgIpc) is 2.76. The number of hydrogen-bond donors (Lipinski definition) is 3. The molecule has 0 amide bonds. The SMILES string of the molecule is NC1=NN=C(N)C1=NNC1=NN=CC1. The second-order valence-corrected chi connectivity index (χ2v) is 2.59. The third-order valence-electron chi connectivity index (χ3n) is 1.59. The van der Waals surface area contributed by atoms with E-state index in [1.807, 2.05) is 0 Å². The molecule has 72 valence electrons. The lowest BCUT2D eigenvalue weighted by atomic mass is 10.3. The summed E-state index contributed by atoms with van der Waals surface area (Å²) in [6.07, 6.45) is 2.27. The van der Waals surface area contributed by atoms with Crippen molar-refractivity contribution in [3.63, 3.8) is 0 Å². The Bertz CT molecular complexity index is 378. The Hall–Kier alpha value is -2.25. The van der Waals surface area contributed by atoms with E-state index in [-0.39, 0.29) is 11.7 Å². The van der Waals surface area contributed by atoms with Crippen molar-refractivity contribution in [3.05, 3.63) is 0 Å². The summed E-state index contributed by atoms with van der Waals surface area (Å²) in [5, 5.41) is 18.4. The highest BCUT2D eigenvalue weighted by Gasteiger charge is 2.16. The molecule has 0 radical (unpaired) electrons. The fourth-order valence-corrected chi connectivity index (χ4v) is 0.915. The second-order valence-electron chi connectivity index (χ2n) is 2.59. The molecule has 0 unspecified atom stereocenters. The number of amidine groups is 3. The van der Waals surface area contributed by atoms with Crippen molar-refractivity contribution in [1.29, 1.82) is 0 Å². The van der Waals surface area contributed by atoms with E-state index >= 15 is 0 Å². The van der Waals surface area contributed by atoms with Crippen molar-refractivity contribution >= 4 is 29.4 Å². The molecule has 2 aliphatic heterocycles. The molecule has 2 aliphatic rings. The van der Waals surface area contributed by atoms with Crippen LogP contribution in [0, 0.1) is 0 Å². The van der Waals surface area contributed by atoms with Crippen LogP contribution in [0.5, 0.6) is 0 Å². The maximum Gasteiger partial charge on any atom is 0.177 e. The topological polar surface area (TPSA) is 126 Å². The van der Waals surface area contributed by atoms with Crippen LogP contribution in [0.2, 0.25) is 0 Å². The molecule has 0 saturated carbocycles. The Morgan fingerprint density at radius 3 is 2.50 bits per heavy atom. The van der Waals surface area contributed by atoms with E-state index in [4.69, 9.17) is 11.5 Å². The maximum absolute atomic E-state index is 5.47. The molecule has 8 nitrogen and oxygen atoms in total. The maximum atomic E-state index is 5.47. The monoisotopic (exact) mass is 192 g/mol. The van der Waals surface area contributed by atoms with E-state index in [9.17, 15) is 0 Å². The quantitative estimate of drug-likeness (QED) is 0.431. The summed E-state index contributed by atoms with van der Waals surface area (Å²) < 4.78 is 0. The third-order valence-corrected chi connectivity index (χ3v) is 1.59. The lowest BCUT2D eigenvalue weighted by Crippen LogP contribution is -2.34. The van der Waals surface area contributed by atoms with Gasteiger partial charge in [-0.05, 0) is 0 Å². The van der Waals surface area contributed by atoms with Gasteiger partial charge in [0.15, 0.2) is 23.2 Å². The van der Waals surface area contributed by atoms with Gasteiger partial charge in [0.05, 0.1) is 0 Å². The highest BCUT2D eigenvalue weighted by Crippen LogP contribution is 1.94. The molecule has 8 heteroatoms. The number of nitrogens with two attached hydrogens (primary N) is 2. The molecule has 0 fully saturated rings. The van der Waals surface area contributed by atoms with Gasteiger partial charge >= 0.3 is 0 Å². The summed E-state index contributed by atoms with van der Waals surface area (Å²) >= 11 is 0. The van der Waals surface area contributed by atoms with Gasteiger partial charge in [-0.2, -0.15) is 10.2 Å². The van der Waals surface area contributed by atoms with Crippen molar-refractivity contribution in [3.8, 4) is 0 Å².